The summed E-state index contributed by atoms with van der Waals surface area (Å²) in [5, 5.41) is 6.36. The highest BCUT2D eigenvalue weighted by Crippen LogP contribution is 2.40. The summed E-state index contributed by atoms with van der Waals surface area (Å²) in [6, 6.07) is 16.9. The van der Waals surface area contributed by atoms with Crippen molar-refractivity contribution < 1.29 is 9.59 Å². The monoisotopic (exact) mass is 406 g/mol. The number of urea groups is 1. The van der Waals surface area contributed by atoms with Gasteiger partial charge < -0.3 is 5.32 Å². The minimum Gasteiger partial charge on any atom is -0.334 e. The van der Waals surface area contributed by atoms with Gasteiger partial charge in [-0.2, -0.15) is 0 Å². The van der Waals surface area contributed by atoms with Crippen LogP contribution in [0, 0.1) is 0 Å². The summed E-state index contributed by atoms with van der Waals surface area (Å²) >= 11 is 1.35. The summed E-state index contributed by atoms with van der Waals surface area (Å²) in [6.07, 6.45) is 2.22. The molecule has 2 aromatic carbocycles. The molecule has 1 saturated carbocycles. The molecule has 4 rings (SSSR count). The fourth-order valence-corrected chi connectivity index (χ4v) is 3.88. The van der Waals surface area contributed by atoms with Crippen molar-refractivity contribution in [1.82, 2.24) is 20.6 Å². The van der Waals surface area contributed by atoms with E-state index in [9.17, 15) is 9.59 Å². The summed E-state index contributed by atoms with van der Waals surface area (Å²) in [5.41, 5.74) is 1.86. The zero-order chi connectivity index (χ0) is 20.2. The van der Waals surface area contributed by atoms with Gasteiger partial charge in [-0.15, -0.1) is 0 Å². The van der Waals surface area contributed by atoms with E-state index in [1.54, 1.807) is 6.92 Å². The van der Waals surface area contributed by atoms with Crippen molar-refractivity contribution in [3.63, 3.8) is 0 Å². The van der Waals surface area contributed by atoms with Crippen LogP contribution in [0.4, 0.5) is 4.79 Å². The second kappa shape index (κ2) is 8.61. The van der Waals surface area contributed by atoms with Gasteiger partial charge in [-0.05, 0) is 31.4 Å². The lowest BCUT2D eigenvalue weighted by Crippen LogP contribution is -2.42. The van der Waals surface area contributed by atoms with Crippen molar-refractivity contribution in [3.05, 3.63) is 66.0 Å². The van der Waals surface area contributed by atoms with E-state index < -0.39 is 11.3 Å². The summed E-state index contributed by atoms with van der Waals surface area (Å²) in [5.74, 6) is 0.919. The van der Waals surface area contributed by atoms with Crippen molar-refractivity contribution in [2.75, 3.05) is 0 Å². The van der Waals surface area contributed by atoms with Crippen LogP contribution in [-0.4, -0.2) is 27.2 Å². The van der Waals surface area contributed by atoms with E-state index in [0.29, 0.717) is 12.5 Å². The highest BCUT2D eigenvalue weighted by molar-refractivity contribution is 8.00. The van der Waals surface area contributed by atoms with Crippen LogP contribution < -0.4 is 10.6 Å². The molecule has 1 atom stereocenters. The highest BCUT2D eigenvalue weighted by atomic mass is 32.2. The Morgan fingerprint density at radius 2 is 1.79 bits per heavy atom. The number of amides is 3. The third kappa shape index (κ3) is 4.92. The van der Waals surface area contributed by atoms with Crippen molar-refractivity contribution in [2.24, 2.45) is 0 Å². The number of carbonyl (C=O) groups is 2. The van der Waals surface area contributed by atoms with Gasteiger partial charge in [0.25, 0.3) is 0 Å². The van der Waals surface area contributed by atoms with Crippen molar-refractivity contribution >= 4 is 34.6 Å². The number of carbonyl (C=O) groups excluding carboxylic acids is 2. The molecule has 2 N–H and O–H groups in total. The number of nitrogens with one attached hydrogen (secondary N) is 2. The molecule has 0 saturated heterocycles. The maximum Gasteiger partial charge on any atom is 0.321 e. The molecular weight excluding hydrogens is 384 g/mol. The van der Waals surface area contributed by atoms with Gasteiger partial charge in [-0.3, -0.25) is 10.1 Å². The van der Waals surface area contributed by atoms with Gasteiger partial charge in [0.1, 0.15) is 10.9 Å². The third-order valence-electron chi connectivity index (χ3n) is 4.72. The largest absolute Gasteiger partial charge is 0.334 e. The number of nitrogens with zero attached hydrogens (tertiary/aromatic N) is 2. The molecular formula is C22H22N4O2S. The molecule has 1 aliphatic rings. The van der Waals surface area contributed by atoms with Crippen LogP contribution in [0.5, 0.6) is 0 Å². The predicted octanol–water partition coefficient (Wildman–Crippen LogP) is 4.01. The van der Waals surface area contributed by atoms with E-state index >= 15 is 0 Å². The fourth-order valence-electron chi connectivity index (χ4n) is 2.94. The summed E-state index contributed by atoms with van der Waals surface area (Å²) in [4.78, 5) is 33.9. The van der Waals surface area contributed by atoms with E-state index in [-0.39, 0.29) is 5.91 Å². The maximum atomic E-state index is 12.5. The Hall–Kier alpha value is -2.93. The van der Waals surface area contributed by atoms with Gasteiger partial charge in [-0.1, -0.05) is 60.3 Å². The Labute approximate surface area is 173 Å². The van der Waals surface area contributed by atoms with Gasteiger partial charge in [0.2, 0.25) is 5.91 Å². The number of rotatable bonds is 6. The molecule has 6 nitrogen and oxygen atoms in total. The Kier molecular flexibility index (Phi) is 5.76. The molecule has 0 bridgehead atoms. The molecule has 148 valence electrons. The van der Waals surface area contributed by atoms with Crippen LogP contribution in [0.25, 0.3) is 10.9 Å². The van der Waals surface area contributed by atoms with Crippen LogP contribution in [0.1, 0.15) is 37.1 Å². The smallest absolute Gasteiger partial charge is 0.321 e. The molecule has 1 fully saturated rings. The predicted molar refractivity (Wildman–Crippen MR) is 114 cm³/mol. The van der Waals surface area contributed by atoms with Crippen LogP contribution in [0.2, 0.25) is 0 Å². The minimum absolute atomic E-state index is 0.351. The van der Waals surface area contributed by atoms with Gasteiger partial charge in [0.15, 0.2) is 0 Å². The first-order valence-electron chi connectivity index (χ1n) is 9.66. The Bertz CT molecular complexity index is 1040. The number of benzene rings is 2. The molecule has 1 unspecified atom stereocenters. The van der Waals surface area contributed by atoms with Crippen molar-refractivity contribution in [3.8, 4) is 0 Å². The minimum atomic E-state index is -0.502. The lowest BCUT2D eigenvalue weighted by atomic mass is 10.2. The lowest BCUT2D eigenvalue weighted by molar-refractivity contribution is -0.119. The summed E-state index contributed by atoms with van der Waals surface area (Å²) in [6.45, 7) is 2.14. The van der Waals surface area contributed by atoms with Gasteiger partial charge in [-0.25, -0.2) is 14.8 Å². The van der Waals surface area contributed by atoms with Gasteiger partial charge >= 0.3 is 6.03 Å². The second-order valence-electron chi connectivity index (χ2n) is 7.10. The molecule has 7 heteroatoms. The molecule has 0 radical (unpaired) electrons. The van der Waals surface area contributed by atoms with E-state index in [0.717, 1.165) is 40.2 Å². The van der Waals surface area contributed by atoms with Crippen molar-refractivity contribution in [1.29, 1.82) is 0 Å². The van der Waals surface area contributed by atoms with Crippen LogP contribution in [0.3, 0.4) is 0 Å². The maximum absolute atomic E-state index is 12.5. The normalized spacial score (nSPS) is 14.4. The van der Waals surface area contributed by atoms with Crippen LogP contribution in [-0.2, 0) is 11.3 Å². The summed E-state index contributed by atoms with van der Waals surface area (Å²) in [7, 11) is 0. The quantitative estimate of drug-likeness (QED) is 0.477. The van der Waals surface area contributed by atoms with E-state index in [4.69, 9.17) is 4.98 Å². The standard InChI is InChI=1S/C22H22N4O2S/c1-14(20(27)26-22(28)23-13-15-7-3-2-4-8-15)29-21-17-9-5-6-10-18(17)24-19(25-21)16-11-12-16/h2-10,14,16H,11-13H2,1H3,(H2,23,26,27,28). The number of fused-ring (bicyclic) bond motifs is 1. The fraction of sp³-hybridized carbons (Fsp3) is 0.273. The van der Waals surface area contributed by atoms with E-state index in [1.807, 2.05) is 54.6 Å². The van der Waals surface area contributed by atoms with Crippen LogP contribution >= 0.6 is 11.8 Å². The number of aromatic nitrogens is 2. The number of hydrogen-bond donors (Lipinski definition) is 2. The highest BCUT2D eigenvalue weighted by Gasteiger charge is 2.28. The molecule has 1 heterocycles. The molecule has 0 aliphatic heterocycles. The van der Waals surface area contributed by atoms with Crippen molar-refractivity contribution in [2.45, 2.75) is 42.5 Å². The van der Waals surface area contributed by atoms with Gasteiger partial charge in [0, 0.05) is 17.8 Å². The topological polar surface area (TPSA) is 84.0 Å². The Morgan fingerprint density at radius 1 is 1.07 bits per heavy atom. The Morgan fingerprint density at radius 3 is 2.55 bits per heavy atom. The first kappa shape index (κ1) is 19.4. The third-order valence-corrected chi connectivity index (χ3v) is 5.82. The molecule has 29 heavy (non-hydrogen) atoms. The van der Waals surface area contributed by atoms with Crippen LogP contribution in [0.15, 0.2) is 59.6 Å². The molecule has 0 spiro atoms. The molecule has 1 aliphatic carbocycles. The first-order valence-corrected chi connectivity index (χ1v) is 10.5. The Balaban J connectivity index is 1.40. The zero-order valence-electron chi connectivity index (χ0n) is 16.1. The zero-order valence-corrected chi connectivity index (χ0v) is 16.9. The average molecular weight is 407 g/mol. The van der Waals surface area contributed by atoms with E-state index in [2.05, 4.69) is 15.6 Å². The number of hydrogen-bond acceptors (Lipinski definition) is 5. The summed E-state index contributed by atoms with van der Waals surface area (Å²) < 4.78 is 0. The molecule has 3 aromatic rings. The number of para-hydroxylation sites is 1. The van der Waals surface area contributed by atoms with Gasteiger partial charge in [0.05, 0.1) is 10.8 Å². The SMILES string of the molecule is CC(Sc1nc(C2CC2)nc2ccccc12)C(=O)NC(=O)NCc1ccccc1. The lowest BCUT2D eigenvalue weighted by Gasteiger charge is -2.13. The second-order valence-corrected chi connectivity index (χ2v) is 8.43. The molecule has 3 amide bonds. The average Bonchev–Trinajstić information content (AvgIpc) is 3.58. The first-order chi connectivity index (χ1) is 14.1. The number of imide groups is 1. The van der Waals surface area contributed by atoms with E-state index in [1.165, 1.54) is 11.8 Å². The number of thioether (sulfide) groups is 1. The molecule has 1 aromatic heterocycles.